The van der Waals surface area contributed by atoms with Gasteiger partial charge in [0.2, 0.25) is 8.32 Å². The lowest BCUT2D eigenvalue weighted by Crippen LogP contribution is -2.29. The first-order valence-corrected chi connectivity index (χ1v) is 7.43. The third-order valence-corrected chi connectivity index (χ3v) is 2.17. The van der Waals surface area contributed by atoms with Crippen LogP contribution in [-0.2, 0) is 0 Å². The van der Waals surface area contributed by atoms with Crippen LogP contribution in [0, 0.1) is 0 Å². The topological polar surface area (TPSA) is 35.2 Å². The molecule has 0 heterocycles. The number of nitrogen functional groups attached to an aromatic ring is 1. The fraction of sp³-hybridized carbons (Fsp3) is 0.333. The average molecular weight is 181 g/mol. The molecule has 0 unspecified atom stereocenters. The Bertz CT molecular complexity index is 267. The zero-order valence-corrected chi connectivity index (χ0v) is 8.79. The molecule has 0 aromatic heterocycles. The highest BCUT2D eigenvalue weighted by Gasteiger charge is 2.16. The molecule has 0 spiro atoms. The molecule has 2 nitrogen and oxygen atoms in total. The van der Waals surface area contributed by atoms with E-state index in [9.17, 15) is 0 Å². The molecular weight excluding hydrogens is 166 g/mol. The second-order valence-electron chi connectivity index (χ2n) is 3.75. The summed E-state index contributed by atoms with van der Waals surface area (Å²) in [6, 6.07) is 7.61. The number of anilines is 1. The average Bonchev–Trinajstić information content (AvgIpc) is 1.91. The molecule has 0 aliphatic heterocycles. The number of rotatable bonds is 2. The van der Waals surface area contributed by atoms with Gasteiger partial charge in [-0.05, 0) is 31.8 Å². The van der Waals surface area contributed by atoms with E-state index in [-0.39, 0.29) is 0 Å². The van der Waals surface area contributed by atoms with E-state index < -0.39 is 8.32 Å². The van der Waals surface area contributed by atoms with Gasteiger partial charge >= 0.3 is 0 Å². The lowest BCUT2D eigenvalue weighted by Gasteiger charge is -2.20. The second-order valence-corrected chi connectivity index (χ2v) is 8.18. The van der Waals surface area contributed by atoms with E-state index in [0.29, 0.717) is 0 Å². The normalized spacial score (nSPS) is 11.2. The molecule has 2 N–H and O–H groups in total. The zero-order valence-electron chi connectivity index (χ0n) is 7.79. The van der Waals surface area contributed by atoms with Crippen LogP contribution in [0.4, 0.5) is 5.69 Å². The summed E-state index contributed by atoms with van der Waals surface area (Å²) in [5, 5.41) is 0. The lowest BCUT2D eigenvalue weighted by molar-refractivity contribution is 0.560. The minimum absolute atomic E-state index is 0.722. The van der Waals surface area contributed by atoms with Crippen molar-refractivity contribution in [2.45, 2.75) is 19.6 Å². The summed E-state index contributed by atoms with van der Waals surface area (Å²) in [7, 11) is -1.51. The van der Waals surface area contributed by atoms with Crippen LogP contribution in [0.2, 0.25) is 19.6 Å². The first kappa shape index (κ1) is 9.13. The number of nitrogens with two attached hydrogens (primary N) is 1. The van der Waals surface area contributed by atoms with Gasteiger partial charge in [-0.2, -0.15) is 0 Å². The Morgan fingerprint density at radius 2 is 1.75 bits per heavy atom. The summed E-state index contributed by atoms with van der Waals surface area (Å²) >= 11 is 0. The molecule has 0 amide bonds. The Balaban J connectivity index is 2.83. The van der Waals surface area contributed by atoms with Crippen LogP contribution in [0.3, 0.4) is 0 Å². The molecule has 1 aromatic carbocycles. The summed E-state index contributed by atoms with van der Waals surface area (Å²) < 4.78 is 5.75. The van der Waals surface area contributed by atoms with Crippen molar-refractivity contribution in [2.24, 2.45) is 0 Å². The van der Waals surface area contributed by atoms with Crippen LogP contribution in [0.1, 0.15) is 0 Å². The van der Waals surface area contributed by atoms with Crippen molar-refractivity contribution in [3.05, 3.63) is 24.3 Å². The summed E-state index contributed by atoms with van der Waals surface area (Å²) in [4.78, 5) is 0. The molecule has 0 atom stereocenters. The molecule has 0 saturated carbocycles. The van der Waals surface area contributed by atoms with Gasteiger partial charge in [0.05, 0.1) is 5.69 Å². The van der Waals surface area contributed by atoms with E-state index in [1.165, 1.54) is 0 Å². The molecule has 3 heteroatoms. The molecule has 1 rings (SSSR count). The van der Waals surface area contributed by atoms with Gasteiger partial charge in [0.1, 0.15) is 5.75 Å². The van der Waals surface area contributed by atoms with Gasteiger partial charge in [0, 0.05) is 0 Å². The molecule has 0 bridgehead atoms. The molecule has 12 heavy (non-hydrogen) atoms. The fourth-order valence-electron chi connectivity index (χ4n) is 0.903. The Morgan fingerprint density at radius 1 is 1.17 bits per heavy atom. The third kappa shape index (κ3) is 2.58. The van der Waals surface area contributed by atoms with Gasteiger partial charge in [-0.25, -0.2) is 0 Å². The summed E-state index contributed by atoms with van der Waals surface area (Å²) in [5.41, 5.74) is 6.45. The van der Waals surface area contributed by atoms with Crippen LogP contribution in [0.5, 0.6) is 5.75 Å². The van der Waals surface area contributed by atoms with Crippen molar-refractivity contribution >= 4 is 14.0 Å². The maximum absolute atomic E-state index is 5.75. The predicted molar refractivity (Wildman–Crippen MR) is 54.8 cm³/mol. The maximum Gasteiger partial charge on any atom is 0.242 e. The fourth-order valence-corrected chi connectivity index (χ4v) is 1.75. The van der Waals surface area contributed by atoms with Crippen molar-refractivity contribution in [2.75, 3.05) is 5.73 Å². The number of hydrogen-bond donors (Lipinski definition) is 1. The Hall–Kier alpha value is -0.963. The minimum Gasteiger partial charge on any atom is -0.543 e. The molecule has 0 fully saturated rings. The molecule has 0 aliphatic rings. The highest BCUT2D eigenvalue weighted by Crippen LogP contribution is 2.22. The van der Waals surface area contributed by atoms with Crippen LogP contribution in [-0.4, -0.2) is 8.32 Å². The van der Waals surface area contributed by atoms with Crippen LogP contribution in [0.25, 0.3) is 0 Å². The molecule has 0 aliphatic carbocycles. The second kappa shape index (κ2) is 3.19. The van der Waals surface area contributed by atoms with Crippen LogP contribution in [0.15, 0.2) is 24.3 Å². The molecule has 66 valence electrons. The van der Waals surface area contributed by atoms with E-state index in [0.717, 1.165) is 11.4 Å². The largest absolute Gasteiger partial charge is 0.543 e. The molecule has 1 aromatic rings. The van der Waals surface area contributed by atoms with Crippen molar-refractivity contribution in [1.82, 2.24) is 0 Å². The van der Waals surface area contributed by atoms with Crippen LogP contribution < -0.4 is 10.2 Å². The Kier molecular flexibility index (Phi) is 2.42. The first-order chi connectivity index (χ1) is 5.49. The predicted octanol–water partition coefficient (Wildman–Crippen LogP) is 2.48. The molecule has 0 saturated heterocycles. The van der Waals surface area contributed by atoms with Crippen molar-refractivity contribution in [3.63, 3.8) is 0 Å². The van der Waals surface area contributed by atoms with Gasteiger partial charge in [-0.1, -0.05) is 12.1 Å². The van der Waals surface area contributed by atoms with Gasteiger partial charge in [-0.15, -0.1) is 0 Å². The van der Waals surface area contributed by atoms with Gasteiger partial charge in [-0.3, -0.25) is 0 Å². The third-order valence-electron chi connectivity index (χ3n) is 1.34. The van der Waals surface area contributed by atoms with Crippen molar-refractivity contribution in [3.8, 4) is 5.75 Å². The number of para-hydroxylation sites is 2. The van der Waals surface area contributed by atoms with E-state index in [1.807, 2.05) is 24.3 Å². The van der Waals surface area contributed by atoms with Gasteiger partial charge < -0.3 is 10.2 Å². The summed E-state index contributed by atoms with van der Waals surface area (Å²) in [6.45, 7) is 6.41. The summed E-state index contributed by atoms with van der Waals surface area (Å²) in [6.07, 6.45) is 0. The maximum atomic E-state index is 5.75. The monoisotopic (exact) mass is 181 g/mol. The van der Waals surface area contributed by atoms with Crippen LogP contribution >= 0.6 is 0 Å². The van der Waals surface area contributed by atoms with E-state index in [1.54, 1.807) is 0 Å². The van der Waals surface area contributed by atoms with Crippen molar-refractivity contribution in [1.29, 1.82) is 0 Å². The summed E-state index contributed by atoms with van der Waals surface area (Å²) in [5.74, 6) is 0.816. The minimum atomic E-state index is -1.51. The van der Waals surface area contributed by atoms with E-state index >= 15 is 0 Å². The molecular formula is C9H15NOSi. The molecule has 0 radical (unpaired) electrons. The number of benzene rings is 1. The highest BCUT2D eigenvalue weighted by molar-refractivity contribution is 6.70. The Morgan fingerprint density at radius 3 is 2.25 bits per heavy atom. The quantitative estimate of drug-likeness (QED) is 0.562. The SMILES string of the molecule is C[Si](C)(C)Oc1ccccc1N. The number of hydrogen-bond acceptors (Lipinski definition) is 2. The lowest BCUT2D eigenvalue weighted by atomic mass is 10.3. The van der Waals surface area contributed by atoms with Gasteiger partial charge in [0.15, 0.2) is 0 Å². The standard InChI is InChI=1S/C9H15NOSi/c1-12(2,3)11-9-7-5-4-6-8(9)10/h4-7H,10H2,1-3H3. The first-order valence-electron chi connectivity index (χ1n) is 4.02. The smallest absolute Gasteiger partial charge is 0.242 e. The van der Waals surface area contributed by atoms with Gasteiger partial charge in [0.25, 0.3) is 0 Å². The Labute approximate surface area is 74.5 Å². The highest BCUT2D eigenvalue weighted by atomic mass is 28.4. The zero-order chi connectivity index (χ0) is 9.19. The van der Waals surface area contributed by atoms with Crippen molar-refractivity contribution < 1.29 is 4.43 Å². The van der Waals surface area contributed by atoms with E-state index in [2.05, 4.69) is 19.6 Å². The van der Waals surface area contributed by atoms with E-state index in [4.69, 9.17) is 10.2 Å².